The fourth-order valence-corrected chi connectivity index (χ4v) is 1.57. The van der Waals surface area contributed by atoms with Crippen LogP contribution in [-0.2, 0) is 11.2 Å². The van der Waals surface area contributed by atoms with Gasteiger partial charge in [0.15, 0.2) is 5.78 Å². The zero-order valence-electron chi connectivity index (χ0n) is 9.10. The lowest BCUT2D eigenvalue weighted by atomic mass is 10.1. The summed E-state index contributed by atoms with van der Waals surface area (Å²) in [5, 5.41) is 4.08. The molecule has 5 heteroatoms. The van der Waals surface area contributed by atoms with Gasteiger partial charge < -0.3 is 5.73 Å². The van der Waals surface area contributed by atoms with Gasteiger partial charge in [-0.05, 0) is 26.7 Å². The van der Waals surface area contributed by atoms with Gasteiger partial charge >= 0.3 is 0 Å². The quantitative estimate of drug-likeness (QED) is 0.780. The maximum atomic E-state index is 11.8. The van der Waals surface area contributed by atoms with Crippen LogP contribution in [0.15, 0.2) is 6.33 Å². The van der Waals surface area contributed by atoms with Crippen molar-refractivity contribution < 1.29 is 4.79 Å². The Morgan fingerprint density at radius 3 is 2.87 bits per heavy atom. The van der Waals surface area contributed by atoms with Crippen LogP contribution in [0.3, 0.4) is 0 Å². The van der Waals surface area contributed by atoms with Crippen LogP contribution in [0.5, 0.6) is 0 Å². The van der Waals surface area contributed by atoms with E-state index in [1.54, 1.807) is 4.68 Å². The molecule has 0 spiro atoms. The molecule has 0 bridgehead atoms. The molecule has 0 aromatic carbocycles. The Morgan fingerprint density at radius 1 is 1.67 bits per heavy atom. The Kier molecular flexibility index (Phi) is 2.34. The van der Waals surface area contributed by atoms with Crippen LogP contribution in [0, 0.1) is 0 Å². The van der Waals surface area contributed by atoms with Gasteiger partial charge in [0.25, 0.3) is 0 Å². The zero-order valence-corrected chi connectivity index (χ0v) is 9.10. The molecule has 1 aromatic heterocycles. The summed E-state index contributed by atoms with van der Waals surface area (Å²) in [5.41, 5.74) is 5.26. The van der Waals surface area contributed by atoms with Gasteiger partial charge in [0.2, 0.25) is 0 Å². The number of hydrogen-bond acceptors (Lipinski definition) is 4. The summed E-state index contributed by atoms with van der Waals surface area (Å²) in [6.45, 7) is 4.02. The summed E-state index contributed by atoms with van der Waals surface area (Å²) in [6.07, 6.45) is 3.40. The van der Waals surface area contributed by atoms with Crippen LogP contribution >= 0.6 is 0 Å². The molecule has 5 nitrogen and oxygen atoms in total. The monoisotopic (exact) mass is 208 g/mol. The summed E-state index contributed by atoms with van der Waals surface area (Å²) in [5.74, 6) is 0.795. The molecule has 0 saturated heterocycles. The Bertz CT molecular complexity index is 379. The maximum absolute atomic E-state index is 11.8. The molecule has 0 unspecified atom stereocenters. The van der Waals surface area contributed by atoms with E-state index in [2.05, 4.69) is 10.1 Å². The molecule has 0 amide bonds. The molecule has 0 radical (unpaired) electrons. The molecule has 1 heterocycles. The van der Waals surface area contributed by atoms with Gasteiger partial charge in [-0.1, -0.05) is 0 Å². The van der Waals surface area contributed by atoms with Gasteiger partial charge in [0.05, 0.1) is 12.0 Å². The second-order valence-electron chi connectivity index (χ2n) is 4.47. The molecule has 1 aromatic rings. The van der Waals surface area contributed by atoms with Gasteiger partial charge in [0, 0.05) is 6.04 Å². The zero-order chi connectivity index (χ0) is 11.1. The van der Waals surface area contributed by atoms with Crippen LogP contribution in [0.25, 0.3) is 0 Å². The third-order valence-electron chi connectivity index (χ3n) is 2.80. The van der Waals surface area contributed by atoms with Crippen LogP contribution < -0.4 is 5.73 Å². The van der Waals surface area contributed by atoms with E-state index in [1.165, 1.54) is 6.33 Å². The predicted molar refractivity (Wildman–Crippen MR) is 55.3 cm³/mol. The molecule has 1 aliphatic rings. The molecule has 15 heavy (non-hydrogen) atoms. The van der Waals surface area contributed by atoms with Crippen molar-refractivity contribution in [2.24, 2.45) is 5.73 Å². The van der Waals surface area contributed by atoms with Gasteiger partial charge in [0.1, 0.15) is 12.2 Å². The van der Waals surface area contributed by atoms with Crippen LogP contribution in [0.2, 0.25) is 0 Å². The summed E-state index contributed by atoms with van der Waals surface area (Å²) < 4.78 is 1.77. The molecular formula is C10H16N4O. The number of nitrogens with two attached hydrogens (primary N) is 1. The first-order chi connectivity index (χ1) is 7.03. The van der Waals surface area contributed by atoms with Crippen molar-refractivity contribution in [3.63, 3.8) is 0 Å². The molecule has 2 rings (SSSR count). The number of hydrogen-bond donors (Lipinski definition) is 1. The van der Waals surface area contributed by atoms with E-state index in [4.69, 9.17) is 5.73 Å². The number of ketones is 1. The minimum absolute atomic E-state index is 0.0809. The van der Waals surface area contributed by atoms with Crippen LogP contribution in [0.4, 0.5) is 0 Å². The molecule has 1 aliphatic carbocycles. The molecule has 82 valence electrons. The Labute approximate surface area is 88.7 Å². The standard InChI is InChI=1S/C10H16N4O/c1-7(2)14-9(12-6-13-14)5-8(15)10(11)3-4-10/h6-7H,3-5,11H2,1-2H3. The number of rotatable bonds is 4. The smallest absolute Gasteiger partial charge is 0.160 e. The second kappa shape index (κ2) is 3.41. The Hall–Kier alpha value is -1.23. The first kappa shape index (κ1) is 10.3. The number of aromatic nitrogens is 3. The minimum Gasteiger partial charge on any atom is -0.319 e. The Morgan fingerprint density at radius 2 is 2.33 bits per heavy atom. The fraction of sp³-hybridized carbons (Fsp3) is 0.700. The van der Waals surface area contributed by atoms with Crippen molar-refractivity contribution in [3.05, 3.63) is 12.2 Å². The summed E-state index contributed by atoms with van der Waals surface area (Å²) in [6, 6.07) is 0.225. The topological polar surface area (TPSA) is 73.8 Å². The number of nitrogens with zero attached hydrogens (tertiary/aromatic N) is 3. The van der Waals surface area contributed by atoms with Crippen molar-refractivity contribution in [3.8, 4) is 0 Å². The van der Waals surface area contributed by atoms with E-state index >= 15 is 0 Å². The van der Waals surface area contributed by atoms with Gasteiger partial charge in [-0.3, -0.25) is 4.79 Å². The molecule has 0 aliphatic heterocycles. The van der Waals surface area contributed by atoms with E-state index < -0.39 is 5.54 Å². The molecule has 1 saturated carbocycles. The number of carbonyl (C=O) groups is 1. The lowest BCUT2D eigenvalue weighted by Crippen LogP contribution is -2.34. The van der Waals surface area contributed by atoms with Crippen molar-refractivity contribution in [2.75, 3.05) is 0 Å². The third kappa shape index (κ3) is 1.92. The van der Waals surface area contributed by atoms with Crippen molar-refractivity contribution in [1.82, 2.24) is 14.8 Å². The SMILES string of the molecule is CC(C)n1ncnc1CC(=O)C1(N)CC1. The highest BCUT2D eigenvalue weighted by Crippen LogP contribution is 2.33. The number of carbonyl (C=O) groups excluding carboxylic acids is 1. The molecule has 0 atom stereocenters. The normalized spacial score (nSPS) is 18.1. The van der Waals surface area contributed by atoms with E-state index in [9.17, 15) is 4.79 Å². The van der Waals surface area contributed by atoms with Gasteiger partial charge in [-0.25, -0.2) is 9.67 Å². The van der Waals surface area contributed by atoms with Crippen molar-refractivity contribution >= 4 is 5.78 Å². The van der Waals surface area contributed by atoms with Crippen molar-refractivity contribution in [1.29, 1.82) is 0 Å². The Balaban J connectivity index is 2.10. The number of Topliss-reactive ketones (excluding diaryl/α,β-unsaturated/α-hetero) is 1. The van der Waals surface area contributed by atoms with Crippen molar-refractivity contribution in [2.45, 2.75) is 44.7 Å². The molecule has 2 N–H and O–H groups in total. The largest absolute Gasteiger partial charge is 0.319 e. The fourth-order valence-electron chi connectivity index (χ4n) is 1.57. The second-order valence-corrected chi connectivity index (χ2v) is 4.47. The van der Waals surface area contributed by atoms with Gasteiger partial charge in [-0.15, -0.1) is 0 Å². The van der Waals surface area contributed by atoms with E-state index in [1.807, 2.05) is 13.8 Å². The highest BCUT2D eigenvalue weighted by atomic mass is 16.1. The maximum Gasteiger partial charge on any atom is 0.160 e. The first-order valence-corrected chi connectivity index (χ1v) is 5.23. The average Bonchev–Trinajstić information content (AvgIpc) is 2.77. The lowest BCUT2D eigenvalue weighted by Gasteiger charge is -2.10. The minimum atomic E-state index is -0.562. The average molecular weight is 208 g/mol. The van der Waals surface area contributed by atoms with Crippen LogP contribution in [-0.4, -0.2) is 26.1 Å². The van der Waals surface area contributed by atoms with E-state index in [0.29, 0.717) is 12.2 Å². The highest BCUT2D eigenvalue weighted by molar-refractivity contribution is 5.92. The van der Waals surface area contributed by atoms with E-state index in [0.717, 1.165) is 12.8 Å². The molecule has 1 fully saturated rings. The molecular weight excluding hydrogens is 192 g/mol. The van der Waals surface area contributed by atoms with E-state index in [-0.39, 0.29) is 11.8 Å². The van der Waals surface area contributed by atoms with Gasteiger partial charge in [-0.2, -0.15) is 5.10 Å². The highest BCUT2D eigenvalue weighted by Gasteiger charge is 2.45. The third-order valence-corrected chi connectivity index (χ3v) is 2.80. The summed E-state index contributed by atoms with van der Waals surface area (Å²) in [4.78, 5) is 15.9. The van der Waals surface area contributed by atoms with Crippen LogP contribution in [0.1, 0.15) is 38.6 Å². The first-order valence-electron chi connectivity index (χ1n) is 5.23. The predicted octanol–water partition coefficient (Wildman–Crippen LogP) is 0.462. The lowest BCUT2D eigenvalue weighted by molar-refractivity contribution is -0.120. The summed E-state index contributed by atoms with van der Waals surface area (Å²) in [7, 11) is 0. The summed E-state index contributed by atoms with van der Waals surface area (Å²) >= 11 is 0.